The fourth-order valence-corrected chi connectivity index (χ4v) is 3.19. The summed E-state index contributed by atoms with van der Waals surface area (Å²) in [6.07, 6.45) is 0. The molecule has 2 fully saturated rings. The van der Waals surface area contributed by atoms with Gasteiger partial charge in [-0.3, -0.25) is 0 Å². The van der Waals surface area contributed by atoms with E-state index in [2.05, 4.69) is 37.4 Å². The van der Waals surface area contributed by atoms with Gasteiger partial charge in [0.25, 0.3) is 0 Å². The summed E-state index contributed by atoms with van der Waals surface area (Å²) in [4.78, 5) is 0. The lowest BCUT2D eigenvalue weighted by atomic mass is 10.0. The molecule has 2 aliphatic heterocycles. The molecule has 0 aliphatic carbocycles. The van der Waals surface area contributed by atoms with E-state index >= 15 is 0 Å². The van der Waals surface area contributed by atoms with Crippen LogP contribution in [0, 0.1) is 0 Å². The molecule has 0 saturated carbocycles. The van der Waals surface area contributed by atoms with E-state index in [4.69, 9.17) is 0 Å². The van der Waals surface area contributed by atoms with Crippen LogP contribution in [0.15, 0.2) is 0 Å². The van der Waals surface area contributed by atoms with Crippen LogP contribution < -0.4 is 0 Å². The summed E-state index contributed by atoms with van der Waals surface area (Å²) in [5.41, 5.74) is 0. The van der Waals surface area contributed by atoms with Crippen molar-refractivity contribution in [1.29, 1.82) is 0 Å². The predicted molar refractivity (Wildman–Crippen MR) is 41.7 cm³/mol. The monoisotopic (exact) mass is 146 g/mol. The normalized spacial score (nSPS) is 60.8. The first kappa shape index (κ1) is 5.48. The van der Waals surface area contributed by atoms with Crippen molar-refractivity contribution in [2.45, 2.75) is 23.3 Å². The summed E-state index contributed by atoms with van der Waals surface area (Å²) in [6, 6.07) is 0. The first-order valence-electron chi connectivity index (χ1n) is 2.94. The quantitative estimate of drug-likeness (QED) is 0.519. The molecule has 2 saturated heterocycles. The van der Waals surface area contributed by atoms with Crippen LogP contribution in [0.3, 0.4) is 0 Å². The average molecular weight is 146 g/mol. The Morgan fingerprint density at radius 3 is 1.38 bits per heavy atom. The SMILES string of the molecule is CC1(C2(C)CS2)CS1. The lowest BCUT2D eigenvalue weighted by molar-refractivity contribution is 0.667. The molecule has 0 spiro atoms. The fourth-order valence-electron chi connectivity index (χ4n) is 0.827. The Morgan fingerprint density at radius 2 is 1.25 bits per heavy atom. The second kappa shape index (κ2) is 1.24. The van der Waals surface area contributed by atoms with Crippen LogP contribution in [0.1, 0.15) is 13.8 Å². The van der Waals surface area contributed by atoms with Gasteiger partial charge in [0.2, 0.25) is 0 Å². The summed E-state index contributed by atoms with van der Waals surface area (Å²) >= 11 is 4.24. The molecule has 8 heavy (non-hydrogen) atoms. The third-order valence-electron chi connectivity index (χ3n) is 2.27. The molecule has 2 heterocycles. The Labute approximate surface area is 58.8 Å². The van der Waals surface area contributed by atoms with Gasteiger partial charge >= 0.3 is 0 Å². The molecule has 2 heteroatoms. The topological polar surface area (TPSA) is 0 Å². The van der Waals surface area contributed by atoms with Crippen molar-refractivity contribution in [1.82, 2.24) is 0 Å². The molecular weight excluding hydrogens is 136 g/mol. The number of rotatable bonds is 1. The molecule has 2 rings (SSSR count). The molecule has 46 valence electrons. The van der Waals surface area contributed by atoms with Gasteiger partial charge in [0.05, 0.1) is 0 Å². The number of hydrogen-bond donors (Lipinski definition) is 0. The molecule has 0 aromatic carbocycles. The molecule has 0 amide bonds. The summed E-state index contributed by atoms with van der Waals surface area (Å²) in [6.45, 7) is 4.77. The summed E-state index contributed by atoms with van der Waals surface area (Å²) < 4.78 is 1.36. The highest BCUT2D eigenvalue weighted by Crippen LogP contribution is 2.65. The Hall–Kier alpha value is 0.700. The summed E-state index contributed by atoms with van der Waals surface area (Å²) in [5.74, 6) is 2.80. The van der Waals surface area contributed by atoms with Gasteiger partial charge in [-0.05, 0) is 13.8 Å². The van der Waals surface area contributed by atoms with E-state index in [0.29, 0.717) is 9.49 Å². The Balaban J connectivity index is 2.15. The highest BCUT2D eigenvalue weighted by atomic mass is 32.2. The fraction of sp³-hybridized carbons (Fsp3) is 1.00. The molecule has 2 aliphatic rings. The van der Waals surface area contributed by atoms with Gasteiger partial charge in [0.1, 0.15) is 0 Å². The van der Waals surface area contributed by atoms with Crippen molar-refractivity contribution < 1.29 is 0 Å². The van der Waals surface area contributed by atoms with Crippen molar-refractivity contribution in [3.63, 3.8) is 0 Å². The minimum absolute atomic E-state index is 0.678. The van der Waals surface area contributed by atoms with Crippen molar-refractivity contribution in [3.05, 3.63) is 0 Å². The van der Waals surface area contributed by atoms with Crippen LogP contribution >= 0.6 is 23.5 Å². The maximum Gasteiger partial charge on any atom is 0.0374 e. The number of thioether (sulfide) groups is 2. The van der Waals surface area contributed by atoms with E-state index in [1.54, 1.807) is 0 Å². The zero-order valence-electron chi connectivity index (χ0n) is 5.23. The molecule has 0 radical (unpaired) electrons. The molecule has 0 nitrogen and oxygen atoms in total. The van der Waals surface area contributed by atoms with E-state index in [-0.39, 0.29) is 0 Å². The van der Waals surface area contributed by atoms with Crippen LogP contribution in [0.2, 0.25) is 0 Å². The maximum atomic E-state index is 2.39. The third kappa shape index (κ3) is 0.561. The molecular formula is C6H10S2. The Morgan fingerprint density at radius 1 is 1.00 bits per heavy atom. The average Bonchev–Trinajstić information content (AvgIpc) is 2.46. The summed E-state index contributed by atoms with van der Waals surface area (Å²) in [7, 11) is 0. The van der Waals surface area contributed by atoms with Gasteiger partial charge in [-0.25, -0.2) is 0 Å². The van der Waals surface area contributed by atoms with Crippen LogP contribution in [0.25, 0.3) is 0 Å². The smallest absolute Gasteiger partial charge is 0.0374 e. The first-order valence-corrected chi connectivity index (χ1v) is 4.91. The molecule has 0 aromatic rings. The lowest BCUT2D eigenvalue weighted by Crippen LogP contribution is -2.23. The Bertz CT molecular complexity index is 106. The van der Waals surface area contributed by atoms with E-state index in [1.807, 2.05) is 0 Å². The zero-order valence-corrected chi connectivity index (χ0v) is 6.86. The number of hydrogen-bond acceptors (Lipinski definition) is 2. The van der Waals surface area contributed by atoms with Crippen LogP contribution in [0.4, 0.5) is 0 Å². The van der Waals surface area contributed by atoms with Crippen molar-refractivity contribution in [2.24, 2.45) is 0 Å². The van der Waals surface area contributed by atoms with Gasteiger partial charge in [-0.1, -0.05) is 0 Å². The summed E-state index contributed by atoms with van der Waals surface area (Å²) in [5, 5.41) is 0. The van der Waals surface area contributed by atoms with Crippen molar-refractivity contribution in [3.8, 4) is 0 Å². The van der Waals surface area contributed by atoms with Gasteiger partial charge in [0, 0.05) is 21.0 Å². The van der Waals surface area contributed by atoms with Crippen LogP contribution in [-0.4, -0.2) is 21.0 Å². The third-order valence-corrected chi connectivity index (χ3v) is 5.61. The van der Waals surface area contributed by atoms with Gasteiger partial charge in [-0.2, -0.15) is 23.5 Å². The predicted octanol–water partition coefficient (Wildman–Crippen LogP) is 2.00. The lowest BCUT2D eigenvalue weighted by Gasteiger charge is -2.11. The molecule has 0 bridgehead atoms. The van der Waals surface area contributed by atoms with Crippen molar-refractivity contribution >= 4 is 23.5 Å². The van der Waals surface area contributed by atoms with Crippen molar-refractivity contribution in [2.75, 3.05) is 11.5 Å². The second-order valence-corrected chi connectivity index (χ2v) is 6.00. The molecule has 2 unspecified atom stereocenters. The largest absolute Gasteiger partial charge is 0.152 e. The molecule has 0 N–H and O–H groups in total. The van der Waals surface area contributed by atoms with Crippen LogP contribution in [-0.2, 0) is 0 Å². The second-order valence-electron chi connectivity index (χ2n) is 3.04. The highest BCUT2D eigenvalue weighted by Gasteiger charge is 2.61. The highest BCUT2D eigenvalue weighted by molar-refractivity contribution is 8.13. The van der Waals surface area contributed by atoms with E-state index < -0.39 is 0 Å². The maximum absolute atomic E-state index is 2.39. The van der Waals surface area contributed by atoms with Crippen LogP contribution in [0.5, 0.6) is 0 Å². The first-order chi connectivity index (χ1) is 3.66. The standard InChI is InChI=1S/C6H10S2/c1-5(3-7-5)6(2)4-8-6/h3-4H2,1-2H3. The molecule has 2 atom stereocenters. The minimum Gasteiger partial charge on any atom is -0.152 e. The zero-order chi connectivity index (χ0) is 5.83. The Kier molecular flexibility index (Phi) is 0.849. The van der Waals surface area contributed by atoms with E-state index in [9.17, 15) is 0 Å². The van der Waals surface area contributed by atoms with Gasteiger partial charge < -0.3 is 0 Å². The van der Waals surface area contributed by atoms with E-state index in [0.717, 1.165) is 0 Å². The minimum atomic E-state index is 0.678. The van der Waals surface area contributed by atoms with E-state index in [1.165, 1.54) is 11.5 Å². The van der Waals surface area contributed by atoms with Gasteiger partial charge in [-0.15, -0.1) is 0 Å². The molecule has 0 aromatic heterocycles. The van der Waals surface area contributed by atoms with Gasteiger partial charge in [0.15, 0.2) is 0 Å².